The van der Waals surface area contributed by atoms with Crippen LogP contribution in [0.5, 0.6) is 0 Å². The van der Waals surface area contributed by atoms with Gasteiger partial charge in [0.2, 0.25) is 0 Å². The molecule has 0 bridgehead atoms. The van der Waals surface area contributed by atoms with Gasteiger partial charge >= 0.3 is 0 Å². The van der Waals surface area contributed by atoms with Crippen LogP contribution in [0.1, 0.15) is 26.3 Å². The quantitative estimate of drug-likeness (QED) is 0.790. The third-order valence-electron chi connectivity index (χ3n) is 3.55. The highest BCUT2D eigenvalue weighted by molar-refractivity contribution is 5.03. The van der Waals surface area contributed by atoms with E-state index in [1.807, 2.05) is 10.9 Å². The van der Waals surface area contributed by atoms with Crippen molar-refractivity contribution in [2.24, 2.45) is 0 Å². The molecule has 1 fully saturated rings. The molecule has 0 aromatic carbocycles. The van der Waals surface area contributed by atoms with Crippen molar-refractivity contribution in [3.8, 4) is 0 Å². The Labute approximate surface area is 104 Å². The van der Waals surface area contributed by atoms with Gasteiger partial charge in [-0.1, -0.05) is 0 Å². The van der Waals surface area contributed by atoms with Crippen molar-refractivity contribution in [3.63, 3.8) is 0 Å². The molecular weight excluding hydrogens is 212 g/mol. The van der Waals surface area contributed by atoms with Gasteiger partial charge in [0.05, 0.1) is 6.20 Å². The van der Waals surface area contributed by atoms with Gasteiger partial charge in [-0.15, -0.1) is 0 Å². The van der Waals surface area contributed by atoms with E-state index in [1.54, 1.807) is 0 Å². The number of aromatic nitrogens is 2. The van der Waals surface area contributed by atoms with Gasteiger partial charge in [0, 0.05) is 57.1 Å². The topological polar surface area (TPSA) is 24.3 Å². The third-order valence-corrected chi connectivity index (χ3v) is 3.55. The van der Waals surface area contributed by atoms with Crippen LogP contribution in [0.4, 0.5) is 0 Å². The van der Waals surface area contributed by atoms with Crippen molar-refractivity contribution in [1.29, 1.82) is 0 Å². The molecule has 17 heavy (non-hydrogen) atoms. The Kier molecular flexibility index (Phi) is 4.18. The van der Waals surface area contributed by atoms with Crippen molar-refractivity contribution in [2.45, 2.75) is 39.9 Å². The second kappa shape index (κ2) is 5.65. The fourth-order valence-corrected chi connectivity index (χ4v) is 2.36. The summed E-state index contributed by atoms with van der Waals surface area (Å²) in [7, 11) is 0. The SMILES string of the molecule is CCn1cc(CN2CCN(C(C)C)CC2)cn1. The average Bonchev–Trinajstić information content (AvgIpc) is 2.77. The van der Waals surface area contributed by atoms with Crippen LogP contribution in [0.3, 0.4) is 0 Å². The lowest BCUT2D eigenvalue weighted by Gasteiger charge is -2.36. The van der Waals surface area contributed by atoms with Gasteiger partial charge in [-0.2, -0.15) is 5.10 Å². The molecule has 4 heteroatoms. The number of nitrogens with zero attached hydrogens (tertiary/aromatic N) is 4. The molecule has 0 aliphatic carbocycles. The van der Waals surface area contributed by atoms with Crippen molar-refractivity contribution < 1.29 is 0 Å². The van der Waals surface area contributed by atoms with Gasteiger partial charge in [0.1, 0.15) is 0 Å². The minimum atomic E-state index is 0.681. The summed E-state index contributed by atoms with van der Waals surface area (Å²) >= 11 is 0. The Bertz CT molecular complexity index is 337. The maximum Gasteiger partial charge on any atom is 0.0534 e. The van der Waals surface area contributed by atoms with Crippen molar-refractivity contribution in [2.75, 3.05) is 26.2 Å². The molecule has 1 aliphatic rings. The molecule has 0 saturated carbocycles. The fourth-order valence-electron chi connectivity index (χ4n) is 2.36. The zero-order valence-electron chi connectivity index (χ0n) is 11.3. The normalized spacial score (nSPS) is 19.1. The molecular formula is C13H24N4. The highest BCUT2D eigenvalue weighted by atomic mass is 15.3. The number of piperazine rings is 1. The van der Waals surface area contributed by atoms with Crippen LogP contribution in [-0.2, 0) is 13.1 Å². The highest BCUT2D eigenvalue weighted by Crippen LogP contribution is 2.09. The second-order valence-electron chi connectivity index (χ2n) is 5.11. The Morgan fingerprint density at radius 3 is 2.47 bits per heavy atom. The number of hydrogen-bond donors (Lipinski definition) is 0. The first-order valence-corrected chi connectivity index (χ1v) is 6.66. The zero-order valence-corrected chi connectivity index (χ0v) is 11.3. The molecule has 1 aromatic heterocycles. The first-order valence-electron chi connectivity index (χ1n) is 6.66. The van der Waals surface area contributed by atoms with Crippen molar-refractivity contribution in [3.05, 3.63) is 18.0 Å². The molecule has 1 saturated heterocycles. The van der Waals surface area contributed by atoms with E-state index < -0.39 is 0 Å². The number of aryl methyl sites for hydroxylation is 1. The summed E-state index contributed by atoms with van der Waals surface area (Å²) in [6.07, 6.45) is 4.16. The fraction of sp³-hybridized carbons (Fsp3) is 0.769. The lowest BCUT2D eigenvalue weighted by Crippen LogP contribution is -2.48. The standard InChI is InChI=1S/C13H24N4/c1-4-17-11-13(9-14-17)10-15-5-7-16(8-6-15)12(2)3/h9,11-12H,4-8,10H2,1-3H3. The maximum atomic E-state index is 4.32. The molecule has 0 unspecified atom stereocenters. The smallest absolute Gasteiger partial charge is 0.0534 e. The largest absolute Gasteiger partial charge is 0.298 e. The molecule has 96 valence electrons. The van der Waals surface area contributed by atoms with Crippen LogP contribution in [-0.4, -0.2) is 51.8 Å². The summed E-state index contributed by atoms with van der Waals surface area (Å²) in [5.74, 6) is 0. The number of rotatable bonds is 4. The van der Waals surface area contributed by atoms with Crippen LogP contribution in [0, 0.1) is 0 Å². The predicted molar refractivity (Wildman–Crippen MR) is 69.9 cm³/mol. The molecule has 0 amide bonds. The number of hydrogen-bond acceptors (Lipinski definition) is 3. The van der Waals surface area contributed by atoms with E-state index in [0.717, 1.165) is 13.1 Å². The summed E-state index contributed by atoms with van der Waals surface area (Å²) in [5.41, 5.74) is 1.34. The first kappa shape index (κ1) is 12.6. The molecule has 1 aliphatic heterocycles. The van der Waals surface area contributed by atoms with E-state index in [-0.39, 0.29) is 0 Å². The van der Waals surface area contributed by atoms with Gasteiger partial charge in [-0.3, -0.25) is 14.5 Å². The monoisotopic (exact) mass is 236 g/mol. The van der Waals surface area contributed by atoms with E-state index in [2.05, 4.69) is 41.9 Å². The van der Waals surface area contributed by atoms with Crippen LogP contribution in [0.25, 0.3) is 0 Å². The Balaban J connectivity index is 1.81. The van der Waals surface area contributed by atoms with Gasteiger partial charge in [-0.05, 0) is 20.8 Å². The van der Waals surface area contributed by atoms with Crippen LogP contribution in [0.2, 0.25) is 0 Å². The Morgan fingerprint density at radius 2 is 1.94 bits per heavy atom. The van der Waals surface area contributed by atoms with Crippen LogP contribution < -0.4 is 0 Å². The van der Waals surface area contributed by atoms with E-state index in [0.29, 0.717) is 6.04 Å². The van der Waals surface area contributed by atoms with Crippen molar-refractivity contribution in [1.82, 2.24) is 19.6 Å². The molecule has 1 aromatic rings. The molecule has 0 radical (unpaired) electrons. The second-order valence-corrected chi connectivity index (χ2v) is 5.11. The van der Waals surface area contributed by atoms with Crippen LogP contribution >= 0.6 is 0 Å². The summed E-state index contributed by atoms with van der Waals surface area (Å²) in [5, 5.41) is 4.32. The maximum absolute atomic E-state index is 4.32. The first-order chi connectivity index (χ1) is 8.19. The minimum absolute atomic E-state index is 0.681. The highest BCUT2D eigenvalue weighted by Gasteiger charge is 2.18. The molecule has 4 nitrogen and oxygen atoms in total. The minimum Gasteiger partial charge on any atom is -0.298 e. The molecule has 2 rings (SSSR count). The lowest BCUT2D eigenvalue weighted by atomic mass is 10.2. The summed E-state index contributed by atoms with van der Waals surface area (Å²) in [6, 6.07) is 0.681. The third kappa shape index (κ3) is 3.30. The van der Waals surface area contributed by atoms with E-state index in [9.17, 15) is 0 Å². The zero-order chi connectivity index (χ0) is 12.3. The van der Waals surface area contributed by atoms with Gasteiger partial charge in [0.25, 0.3) is 0 Å². The Hall–Kier alpha value is -0.870. The molecule has 0 N–H and O–H groups in total. The molecule has 0 spiro atoms. The van der Waals surface area contributed by atoms with E-state index in [1.165, 1.54) is 31.7 Å². The molecule has 0 atom stereocenters. The van der Waals surface area contributed by atoms with Gasteiger partial charge in [-0.25, -0.2) is 0 Å². The van der Waals surface area contributed by atoms with Gasteiger partial charge < -0.3 is 0 Å². The molecule has 2 heterocycles. The summed E-state index contributed by atoms with van der Waals surface area (Å²) in [4.78, 5) is 5.07. The van der Waals surface area contributed by atoms with Crippen molar-refractivity contribution >= 4 is 0 Å². The van der Waals surface area contributed by atoms with E-state index >= 15 is 0 Å². The average molecular weight is 236 g/mol. The predicted octanol–water partition coefficient (Wildman–Crippen LogP) is 1.43. The van der Waals surface area contributed by atoms with Crippen LogP contribution in [0.15, 0.2) is 12.4 Å². The van der Waals surface area contributed by atoms with E-state index in [4.69, 9.17) is 0 Å². The van der Waals surface area contributed by atoms with Gasteiger partial charge in [0.15, 0.2) is 0 Å². The summed E-state index contributed by atoms with van der Waals surface area (Å²) < 4.78 is 2.00. The summed E-state index contributed by atoms with van der Waals surface area (Å²) in [6.45, 7) is 13.4. The lowest BCUT2D eigenvalue weighted by molar-refractivity contribution is 0.104. The Morgan fingerprint density at radius 1 is 1.24 bits per heavy atom.